The normalized spacial score (nSPS) is 23.0. The number of fused-ring (bicyclic) bond motifs is 2. The van der Waals surface area contributed by atoms with E-state index in [2.05, 4.69) is 15.5 Å². The average molecular weight is 516 g/mol. The first-order valence-corrected chi connectivity index (χ1v) is 12.3. The molecule has 37 heavy (non-hydrogen) atoms. The number of likely N-dealkylation sites (tertiary alicyclic amines) is 1. The molecule has 3 heterocycles. The predicted molar refractivity (Wildman–Crippen MR) is 132 cm³/mol. The number of methoxy groups -OCH3 is 1. The van der Waals surface area contributed by atoms with Gasteiger partial charge in [-0.3, -0.25) is 14.5 Å². The molecule has 1 unspecified atom stereocenters. The van der Waals surface area contributed by atoms with Crippen LogP contribution in [0.4, 0.5) is 24.5 Å². The summed E-state index contributed by atoms with van der Waals surface area (Å²) in [5, 5.41) is 5.76. The third kappa shape index (κ3) is 5.50. The zero-order valence-corrected chi connectivity index (χ0v) is 20.4. The molecule has 1 saturated heterocycles. The number of nitrogens with zero attached hydrogens (tertiary/aromatic N) is 1. The van der Waals surface area contributed by atoms with Crippen LogP contribution in [0.3, 0.4) is 0 Å². The molecule has 2 aromatic rings. The Balaban J connectivity index is 1.30. The summed E-state index contributed by atoms with van der Waals surface area (Å²) in [5.41, 5.74) is 2.44. The van der Waals surface area contributed by atoms with E-state index in [1.807, 2.05) is 6.07 Å². The van der Waals surface area contributed by atoms with Crippen molar-refractivity contribution >= 4 is 28.8 Å². The van der Waals surface area contributed by atoms with Gasteiger partial charge in [0.05, 0.1) is 24.3 Å². The topological polar surface area (TPSA) is 79.9 Å². The number of amides is 2. The van der Waals surface area contributed by atoms with Crippen molar-refractivity contribution in [2.45, 2.75) is 44.0 Å². The van der Waals surface area contributed by atoms with Gasteiger partial charge in [0, 0.05) is 43.2 Å². The number of carbonyl (C=O) groups excluding carboxylic acids is 2. The highest BCUT2D eigenvalue weighted by Crippen LogP contribution is 2.38. The van der Waals surface area contributed by atoms with Crippen molar-refractivity contribution in [3.05, 3.63) is 59.2 Å². The second kappa shape index (κ2) is 10.2. The molecule has 2 aromatic carbocycles. The first-order valence-electron chi connectivity index (χ1n) is 12.3. The van der Waals surface area contributed by atoms with Crippen molar-refractivity contribution in [2.24, 2.45) is 0 Å². The van der Waals surface area contributed by atoms with Crippen molar-refractivity contribution in [3.8, 4) is 5.75 Å². The molecule has 2 atom stereocenters. The van der Waals surface area contributed by atoms with Gasteiger partial charge in [-0.25, -0.2) is 0 Å². The van der Waals surface area contributed by atoms with Crippen LogP contribution in [0.1, 0.15) is 36.0 Å². The van der Waals surface area contributed by atoms with Crippen molar-refractivity contribution in [1.82, 2.24) is 4.90 Å². The summed E-state index contributed by atoms with van der Waals surface area (Å²) in [5.74, 6) is -0.374. The van der Waals surface area contributed by atoms with E-state index >= 15 is 0 Å². The van der Waals surface area contributed by atoms with E-state index in [0.29, 0.717) is 41.8 Å². The number of ether oxygens (including phenoxy) is 2. The average Bonchev–Trinajstić information content (AvgIpc) is 3.25. The summed E-state index contributed by atoms with van der Waals surface area (Å²) in [6, 6.07) is 8.46. The maximum atomic E-state index is 13.1. The van der Waals surface area contributed by atoms with Crippen LogP contribution in [0, 0.1) is 0 Å². The fraction of sp³-hybridized carbons (Fsp3) is 0.407. The maximum Gasteiger partial charge on any atom is 0.416 e. The Bertz CT molecular complexity index is 1240. The number of nitrogens with one attached hydrogen (secondary N) is 2. The van der Waals surface area contributed by atoms with Crippen molar-refractivity contribution < 1.29 is 32.2 Å². The quantitative estimate of drug-likeness (QED) is 0.587. The molecule has 1 fully saturated rings. The monoisotopic (exact) mass is 515 g/mol. The smallest absolute Gasteiger partial charge is 0.416 e. The Morgan fingerprint density at radius 3 is 2.84 bits per heavy atom. The number of hydrogen-bond acceptors (Lipinski definition) is 5. The fourth-order valence-corrected chi connectivity index (χ4v) is 5.14. The predicted octanol–water partition coefficient (Wildman–Crippen LogP) is 4.48. The maximum absolute atomic E-state index is 13.1. The zero-order valence-electron chi connectivity index (χ0n) is 20.4. The van der Waals surface area contributed by atoms with Gasteiger partial charge in [0.1, 0.15) is 5.75 Å². The molecule has 3 aliphatic heterocycles. The van der Waals surface area contributed by atoms with Gasteiger partial charge in [-0.15, -0.1) is 0 Å². The van der Waals surface area contributed by atoms with Crippen LogP contribution in [0.15, 0.2) is 42.5 Å². The Morgan fingerprint density at radius 1 is 1.24 bits per heavy atom. The third-order valence-corrected chi connectivity index (χ3v) is 7.11. The highest BCUT2D eigenvalue weighted by Gasteiger charge is 2.36. The number of halogens is 3. The lowest BCUT2D eigenvalue weighted by molar-refractivity contribution is -0.137. The van der Waals surface area contributed by atoms with E-state index in [-0.39, 0.29) is 30.4 Å². The van der Waals surface area contributed by atoms with Crippen LogP contribution in [-0.4, -0.2) is 55.7 Å². The first-order chi connectivity index (χ1) is 17.7. The molecule has 2 amide bonds. The lowest BCUT2D eigenvalue weighted by atomic mass is 9.97. The molecule has 0 spiro atoms. The molecule has 0 aromatic heterocycles. The van der Waals surface area contributed by atoms with E-state index in [1.54, 1.807) is 19.2 Å². The minimum atomic E-state index is -4.48. The number of hydrogen-bond donors (Lipinski definition) is 2. The fourth-order valence-electron chi connectivity index (χ4n) is 5.14. The number of allylic oxidation sites excluding steroid dienone is 1. The Kier molecular flexibility index (Phi) is 6.96. The zero-order chi connectivity index (χ0) is 26.2. The Morgan fingerprint density at radius 2 is 2.08 bits per heavy atom. The number of alkyl halides is 3. The van der Waals surface area contributed by atoms with E-state index in [1.165, 1.54) is 12.1 Å². The van der Waals surface area contributed by atoms with Gasteiger partial charge in [-0.2, -0.15) is 13.2 Å². The van der Waals surface area contributed by atoms with Crippen LogP contribution in [0.2, 0.25) is 0 Å². The SMILES string of the molecule is CO[C@H]1CCN(C2Cc3ccc(NC(=O)/C=C4\CCCOc5cc(C(F)(F)F)ccc54)cc3NC2=O)C1. The highest BCUT2D eigenvalue weighted by atomic mass is 19.4. The standard InChI is InChI=1S/C27H28F3N3O4/c1-36-20-8-9-33(15-20)23-11-17-4-6-19(14-22(17)32-26(23)35)31-25(34)12-16-3-2-10-37-24-13-18(27(28,29)30)5-7-21(16)24/h4-7,12-14,20,23H,2-3,8-11,15H2,1H3,(H,31,34)(H,32,35)/b16-12+/t20-,23?/m0/s1. The second-order valence-electron chi connectivity index (χ2n) is 9.54. The van der Waals surface area contributed by atoms with E-state index in [0.717, 1.165) is 37.2 Å². The van der Waals surface area contributed by atoms with Gasteiger partial charge in [-0.1, -0.05) is 12.1 Å². The molecule has 0 saturated carbocycles. The molecule has 0 bridgehead atoms. The summed E-state index contributed by atoms with van der Waals surface area (Å²) in [6.45, 7) is 1.79. The Hall–Kier alpha value is -3.37. The van der Waals surface area contributed by atoms with Crippen LogP contribution in [-0.2, 0) is 26.9 Å². The third-order valence-electron chi connectivity index (χ3n) is 7.11. The van der Waals surface area contributed by atoms with E-state index in [4.69, 9.17) is 9.47 Å². The lowest BCUT2D eigenvalue weighted by Crippen LogP contribution is -2.47. The largest absolute Gasteiger partial charge is 0.493 e. The van der Waals surface area contributed by atoms with Crippen LogP contribution in [0.25, 0.3) is 5.57 Å². The first kappa shape index (κ1) is 25.3. The molecule has 196 valence electrons. The second-order valence-corrected chi connectivity index (χ2v) is 9.54. The Labute approximate surface area is 212 Å². The molecule has 0 aliphatic carbocycles. The highest BCUT2D eigenvalue weighted by molar-refractivity contribution is 6.05. The number of rotatable bonds is 4. The van der Waals surface area contributed by atoms with Crippen LogP contribution in [0.5, 0.6) is 5.75 Å². The molecular weight excluding hydrogens is 487 g/mol. The molecule has 5 rings (SSSR count). The van der Waals surface area contributed by atoms with Crippen molar-refractivity contribution in [1.29, 1.82) is 0 Å². The van der Waals surface area contributed by atoms with Gasteiger partial charge in [0.2, 0.25) is 11.8 Å². The number of carbonyl (C=O) groups is 2. The van der Waals surface area contributed by atoms with Crippen molar-refractivity contribution in [2.75, 3.05) is 37.4 Å². The summed E-state index contributed by atoms with van der Waals surface area (Å²) in [4.78, 5) is 27.8. The molecule has 10 heteroatoms. The molecule has 7 nitrogen and oxygen atoms in total. The number of anilines is 2. The van der Waals surface area contributed by atoms with Gasteiger partial charge < -0.3 is 20.1 Å². The minimum absolute atomic E-state index is 0.0804. The van der Waals surface area contributed by atoms with Crippen molar-refractivity contribution in [3.63, 3.8) is 0 Å². The van der Waals surface area contributed by atoms with Crippen LogP contribution >= 0.6 is 0 Å². The summed E-state index contributed by atoms with van der Waals surface area (Å²) in [6.07, 6.45) is -0.403. The molecule has 2 N–H and O–H groups in total. The lowest BCUT2D eigenvalue weighted by Gasteiger charge is -2.31. The number of benzene rings is 2. The van der Waals surface area contributed by atoms with Gasteiger partial charge >= 0.3 is 6.18 Å². The van der Waals surface area contributed by atoms with Gasteiger partial charge in [-0.05, 0) is 61.1 Å². The molecule has 3 aliphatic rings. The van der Waals surface area contributed by atoms with E-state index in [9.17, 15) is 22.8 Å². The summed E-state index contributed by atoms with van der Waals surface area (Å²) >= 11 is 0. The minimum Gasteiger partial charge on any atom is -0.493 e. The summed E-state index contributed by atoms with van der Waals surface area (Å²) < 4.78 is 50.3. The van der Waals surface area contributed by atoms with Gasteiger partial charge in [0.25, 0.3) is 0 Å². The van der Waals surface area contributed by atoms with Gasteiger partial charge in [0.15, 0.2) is 0 Å². The summed E-state index contributed by atoms with van der Waals surface area (Å²) in [7, 11) is 1.68. The van der Waals surface area contributed by atoms with Crippen LogP contribution < -0.4 is 15.4 Å². The molecule has 0 radical (unpaired) electrons. The molecular formula is C27H28F3N3O4. The van der Waals surface area contributed by atoms with E-state index < -0.39 is 17.6 Å².